The maximum absolute atomic E-state index is 16.8. The minimum Gasteiger partial charge on any atom is -0.470 e. The van der Waals surface area contributed by atoms with Gasteiger partial charge in [-0.3, -0.25) is 28.4 Å². The minimum atomic E-state index is -4.59. The summed E-state index contributed by atoms with van der Waals surface area (Å²) in [4.78, 5) is 52.0. The van der Waals surface area contributed by atoms with Crippen LogP contribution in [0, 0.1) is 5.41 Å². The molecule has 0 spiro atoms. The van der Waals surface area contributed by atoms with E-state index >= 15 is 4.39 Å². The first-order valence-corrected chi connectivity index (χ1v) is 20.3. The zero-order chi connectivity index (χ0) is 40.6. The van der Waals surface area contributed by atoms with Gasteiger partial charge in [-0.2, -0.15) is 10.2 Å². The molecule has 1 aliphatic heterocycles. The number of H-pyrrole nitrogens is 1. The Balaban J connectivity index is 1.71. The first-order chi connectivity index (χ1) is 25.8. The standard InChI is InChI=1S/C35H45FN4O13P2/c1-22(2)49-32(42)24(5)38-54(45,52-26-14-10-8-11-15-26)47-20-28-35(7,30(36)31(51-28)40-19-18-29(41)37-34(40)44)21-48-55(46,53-27-16-12-9-13-17-27)39-25(6)33(43)50-23(3)4/h8-19,22-25,28H,20-21H2,1-7H3,(H,38,45)(H,39,46)(H,37,41,44)/t24-,25-,28+,35?,54?,55?/m0/s1. The molecule has 0 bridgehead atoms. The second-order valence-electron chi connectivity index (χ2n) is 13.2. The van der Waals surface area contributed by atoms with Crippen molar-refractivity contribution >= 4 is 33.3 Å². The Morgan fingerprint density at radius 2 is 1.29 bits per heavy atom. The minimum absolute atomic E-state index is 0.0714. The third-order valence-corrected chi connectivity index (χ3v) is 10.9. The summed E-state index contributed by atoms with van der Waals surface area (Å²) in [5.41, 5.74) is -3.84. The summed E-state index contributed by atoms with van der Waals surface area (Å²) in [6, 6.07) is 14.2. The molecule has 3 aromatic rings. The zero-order valence-corrected chi connectivity index (χ0v) is 33.0. The fourth-order valence-corrected chi connectivity index (χ4v) is 7.96. The smallest absolute Gasteiger partial charge is 0.459 e. The van der Waals surface area contributed by atoms with E-state index in [0.29, 0.717) is 4.57 Å². The van der Waals surface area contributed by atoms with Crippen LogP contribution in [0.25, 0.3) is 5.88 Å². The highest BCUT2D eigenvalue weighted by molar-refractivity contribution is 7.52. The normalized spacial score (nSPS) is 20.2. The molecule has 0 saturated carbocycles. The maximum Gasteiger partial charge on any atom is 0.459 e. The van der Waals surface area contributed by atoms with Crippen LogP contribution in [0.5, 0.6) is 11.5 Å². The van der Waals surface area contributed by atoms with Crippen molar-refractivity contribution in [3.8, 4) is 11.5 Å². The summed E-state index contributed by atoms with van der Waals surface area (Å²) in [6.07, 6.45) is -1.55. The second-order valence-corrected chi connectivity index (χ2v) is 16.6. The number of esters is 2. The second kappa shape index (κ2) is 18.4. The van der Waals surface area contributed by atoms with Crippen molar-refractivity contribution in [3.05, 3.63) is 99.6 Å². The van der Waals surface area contributed by atoms with E-state index in [9.17, 15) is 28.3 Å². The molecule has 6 atom stereocenters. The van der Waals surface area contributed by atoms with E-state index in [-0.39, 0.29) is 11.5 Å². The highest BCUT2D eigenvalue weighted by Gasteiger charge is 2.52. The molecule has 3 N–H and O–H groups in total. The van der Waals surface area contributed by atoms with E-state index in [1.165, 1.54) is 45.0 Å². The van der Waals surface area contributed by atoms with E-state index in [1.54, 1.807) is 64.1 Å². The summed E-state index contributed by atoms with van der Waals surface area (Å²) < 4.78 is 85.5. The zero-order valence-electron chi connectivity index (χ0n) is 31.3. The molecule has 300 valence electrons. The maximum atomic E-state index is 16.8. The number of nitrogens with one attached hydrogen (secondary N) is 3. The van der Waals surface area contributed by atoms with Gasteiger partial charge in [-0.1, -0.05) is 36.4 Å². The Bertz CT molecular complexity index is 2040. The van der Waals surface area contributed by atoms with Crippen LogP contribution in [0.1, 0.15) is 48.5 Å². The first-order valence-electron chi connectivity index (χ1n) is 17.2. The molecule has 0 radical (unpaired) electrons. The van der Waals surface area contributed by atoms with Gasteiger partial charge in [0, 0.05) is 12.3 Å². The van der Waals surface area contributed by atoms with E-state index in [0.717, 1.165) is 12.3 Å². The van der Waals surface area contributed by atoms with Crippen LogP contribution >= 0.6 is 15.5 Å². The quantitative estimate of drug-likeness (QED) is 0.104. The van der Waals surface area contributed by atoms with Gasteiger partial charge >= 0.3 is 33.1 Å². The Hall–Kier alpha value is -4.57. The van der Waals surface area contributed by atoms with Crippen molar-refractivity contribution in [2.24, 2.45) is 5.41 Å². The lowest BCUT2D eigenvalue weighted by Crippen LogP contribution is -2.41. The van der Waals surface area contributed by atoms with Crippen LogP contribution in [0.3, 0.4) is 0 Å². The summed E-state index contributed by atoms with van der Waals surface area (Å²) in [5, 5.41) is 5.04. The molecule has 0 aliphatic carbocycles. The average molecular weight is 811 g/mol. The molecule has 2 heterocycles. The average Bonchev–Trinajstić information content (AvgIpc) is 3.35. The molecule has 1 aromatic heterocycles. The number of carbonyl (C=O) groups excluding carboxylic acids is 2. The molecule has 1 aliphatic rings. The van der Waals surface area contributed by atoms with Gasteiger partial charge in [-0.15, -0.1) is 0 Å². The molecule has 17 nitrogen and oxygen atoms in total. The van der Waals surface area contributed by atoms with Gasteiger partial charge in [0.05, 0.1) is 30.8 Å². The summed E-state index contributed by atoms with van der Waals surface area (Å²) in [7, 11) is -9.13. The number of benzene rings is 2. The van der Waals surface area contributed by atoms with Crippen molar-refractivity contribution in [3.63, 3.8) is 0 Å². The number of hydrogen-bond donors (Lipinski definition) is 3. The largest absolute Gasteiger partial charge is 0.470 e. The van der Waals surface area contributed by atoms with Crippen LogP contribution in [-0.2, 0) is 42.0 Å². The number of halogens is 1. The van der Waals surface area contributed by atoms with Crippen molar-refractivity contribution in [1.29, 1.82) is 0 Å². The monoisotopic (exact) mass is 810 g/mol. The lowest BCUT2D eigenvalue weighted by molar-refractivity contribution is -0.150. The molecular formula is C35H45FN4O13P2. The molecule has 4 rings (SSSR count). The van der Waals surface area contributed by atoms with Gasteiger partial charge < -0.3 is 23.3 Å². The highest BCUT2D eigenvalue weighted by Crippen LogP contribution is 2.53. The lowest BCUT2D eigenvalue weighted by atomic mass is 9.85. The fraction of sp³-hybridized carbons (Fsp3) is 0.429. The Labute approximate surface area is 316 Å². The van der Waals surface area contributed by atoms with Crippen LogP contribution in [-0.4, -0.2) is 65.1 Å². The number of aromatic amines is 1. The topological polar surface area (TPSA) is 212 Å². The number of ether oxygens (including phenoxy) is 3. The van der Waals surface area contributed by atoms with Gasteiger partial charge in [0.15, 0.2) is 5.83 Å². The number of para-hydroxylation sites is 2. The predicted octanol–water partition coefficient (Wildman–Crippen LogP) is 5.30. The number of hydrogen-bond acceptors (Lipinski definition) is 13. The third kappa shape index (κ3) is 11.7. The molecule has 3 unspecified atom stereocenters. The molecule has 0 saturated heterocycles. The summed E-state index contributed by atoms with van der Waals surface area (Å²) in [6.45, 7) is 8.95. The Morgan fingerprint density at radius 3 is 1.75 bits per heavy atom. The molecular weight excluding hydrogens is 765 g/mol. The number of nitrogens with zero attached hydrogens (tertiary/aromatic N) is 1. The number of aromatic nitrogens is 2. The first kappa shape index (κ1) is 43.2. The van der Waals surface area contributed by atoms with Gasteiger partial charge in [0.25, 0.3) is 5.56 Å². The molecule has 55 heavy (non-hydrogen) atoms. The Morgan fingerprint density at radius 1 is 0.818 bits per heavy atom. The third-order valence-electron chi connectivity index (χ3n) is 7.68. The van der Waals surface area contributed by atoms with Crippen LogP contribution < -0.4 is 30.5 Å². The van der Waals surface area contributed by atoms with Gasteiger partial charge in [0.2, 0.25) is 5.88 Å². The van der Waals surface area contributed by atoms with Gasteiger partial charge in [-0.25, -0.2) is 22.9 Å². The Kier molecular flexibility index (Phi) is 14.4. The van der Waals surface area contributed by atoms with Crippen molar-refractivity contribution in [2.75, 3.05) is 13.2 Å². The predicted molar refractivity (Wildman–Crippen MR) is 198 cm³/mol. The molecule has 20 heteroatoms. The van der Waals surface area contributed by atoms with E-state index < -0.39 is 99.4 Å². The summed E-state index contributed by atoms with van der Waals surface area (Å²) >= 11 is 0. The number of rotatable bonds is 19. The van der Waals surface area contributed by atoms with E-state index in [1.807, 2.05) is 4.98 Å². The molecule has 2 aromatic carbocycles. The van der Waals surface area contributed by atoms with E-state index in [2.05, 4.69) is 10.2 Å². The van der Waals surface area contributed by atoms with Crippen molar-refractivity contribution < 1.29 is 55.4 Å². The molecule has 0 fully saturated rings. The van der Waals surface area contributed by atoms with Crippen LogP contribution in [0.15, 0.2) is 88.3 Å². The van der Waals surface area contributed by atoms with Crippen molar-refractivity contribution in [1.82, 2.24) is 19.7 Å². The van der Waals surface area contributed by atoms with Crippen LogP contribution in [0.2, 0.25) is 0 Å². The lowest BCUT2D eigenvalue weighted by Gasteiger charge is -2.32. The SMILES string of the molecule is CC(C)OC(=O)[C@H](C)NP(=O)(OC[C@H]1OC(n2ccc(=O)[nH]c2=O)=C(F)C1(C)COP(=O)(N[C@@H](C)C(=O)OC(C)C)Oc1ccccc1)Oc1ccccc1. The molecule has 0 amide bonds. The van der Waals surface area contributed by atoms with E-state index in [4.69, 9.17) is 32.3 Å². The van der Waals surface area contributed by atoms with Gasteiger partial charge in [0.1, 0.15) is 29.7 Å². The highest BCUT2D eigenvalue weighted by atomic mass is 31.2. The van der Waals surface area contributed by atoms with Crippen molar-refractivity contribution in [2.45, 2.75) is 78.9 Å². The van der Waals surface area contributed by atoms with Crippen LogP contribution in [0.4, 0.5) is 4.39 Å². The number of carbonyl (C=O) groups is 2. The summed E-state index contributed by atoms with van der Waals surface area (Å²) in [5.74, 6) is -3.22. The fourth-order valence-electron chi connectivity index (χ4n) is 4.87. The van der Waals surface area contributed by atoms with Gasteiger partial charge in [-0.05, 0) is 72.7 Å².